The lowest BCUT2D eigenvalue weighted by Gasteiger charge is -2.31. The van der Waals surface area contributed by atoms with Gasteiger partial charge in [0.15, 0.2) is 0 Å². The van der Waals surface area contributed by atoms with Crippen molar-refractivity contribution in [3.05, 3.63) is 54.0 Å². The predicted octanol–water partition coefficient (Wildman–Crippen LogP) is 1.77. The number of hydrogen-bond donors (Lipinski definition) is 1. The molecule has 0 amide bonds. The van der Waals surface area contributed by atoms with Gasteiger partial charge in [-0.15, -0.1) is 0 Å². The molecule has 3 rings (SSSR count). The molecule has 0 saturated carbocycles. The standard InChI is InChI=1S/C17H21FN4O2S/c1-21-8-10-22(11-9-21)25(23,24)15-6-7-17(20-13-15)19-12-14-4-2-3-5-16(14)18/h2-7,13H,8-12H2,1H3,(H,19,20). The fourth-order valence-electron chi connectivity index (χ4n) is 2.64. The molecule has 1 saturated heterocycles. The van der Waals surface area contributed by atoms with Crippen molar-refractivity contribution in [2.75, 3.05) is 38.5 Å². The van der Waals surface area contributed by atoms with Crippen LogP contribution in [0.2, 0.25) is 0 Å². The zero-order chi connectivity index (χ0) is 17.9. The van der Waals surface area contributed by atoms with Gasteiger partial charge in [-0.25, -0.2) is 17.8 Å². The number of aromatic nitrogens is 1. The van der Waals surface area contributed by atoms with Gasteiger partial charge < -0.3 is 10.2 Å². The summed E-state index contributed by atoms with van der Waals surface area (Å²) < 4.78 is 40.3. The minimum Gasteiger partial charge on any atom is -0.366 e. The molecule has 0 bridgehead atoms. The van der Waals surface area contributed by atoms with E-state index >= 15 is 0 Å². The molecule has 6 nitrogen and oxygen atoms in total. The summed E-state index contributed by atoms with van der Waals surface area (Å²) in [4.78, 5) is 6.42. The maximum absolute atomic E-state index is 13.6. The van der Waals surface area contributed by atoms with Crippen molar-refractivity contribution < 1.29 is 12.8 Å². The fourth-order valence-corrected chi connectivity index (χ4v) is 4.01. The van der Waals surface area contributed by atoms with Gasteiger partial charge in [0.2, 0.25) is 10.0 Å². The molecule has 0 aliphatic carbocycles. The molecular weight excluding hydrogens is 343 g/mol. The number of pyridine rings is 1. The first-order valence-electron chi connectivity index (χ1n) is 8.09. The number of nitrogens with one attached hydrogen (secondary N) is 1. The highest BCUT2D eigenvalue weighted by Crippen LogP contribution is 2.18. The lowest BCUT2D eigenvalue weighted by molar-refractivity contribution is 0.222. The molecule has 0 spiro atoms. The first-order chi connectivity index (χ1) is 12.0. The van der Waals surface area contributed by atoms with Gasteiger partial charge >= 0.3 is 0 Å². The Morgan fingerprint density at radius 3 is 2.48 bits per heavy atom. The Hall–Kier alpha value is -2.03. The van der Waals surface area contributed by atoms with Crippen LogP contribution in [0.15, 0.2) is 47.5 Å². The Labute approximate surface area is 147 Å². The summed E-state index contributed by atoms with van der Waals surface area (Å²) in [5.41, 5.74) is 0.526. The van der Waals surface area contributed by atoms with Gasteiger partial charge in [0.25, 0.3) is 0 Å². The summed E-state index contributed by atoms with van der Waals surface area (Å²) in [5, 5.41) is 3.00. The average Bonchev–Trinajstić information content (AvgIpc) is 2.62. The Bertz CT molecular complexity index is 819. The van der Waals surface area contributed by atoms with Crippen LogP contribution in [0, 0.1) is 5.82 Å². The van der Waals surface area contributed by atoms with Crippen LogP contribution < -0.4 is 5.32 Å². The molecule has 1 aliphatic rings. The van der Waals surface area contributed by atoms with Crippen molar-refractivity contribution in [3.8, 4) is 0 Å². The van der Waals surface area contributed by atoms with E-state index in [1.54, 1.807) is 24.3 Å². The fraction of sp³-hybridized carbons (Fsp3) is 0.353. The molecule has 0 atom stereocenters. The molecule has 1 fully saturated rings. The monoisotopic (exact) mass is 364 g/mol. The number of piperazine rings is 1. The van der Waals surface area contributed by atoms with Crippen LogP contribution in [0.3, 0.4) is 0 Å². The number of likely N-dealkylation sites (N-methyl/N-ethyl adjacent to an activating group) is 1. The minimum absolute atomic E-state index is 0.175. The van der Waals surface area contributed by atoms with Crippen LogP contribution in [0.1, 0.15) is 5.56 Å². The lowest BCUT2D eigenvalue weighted by Crippen LogP contribution is -2.47. The van der Waals surface area contributed by atoms with Crippen LogP contribution >= 0.6 is 0 Å². The molecule has 134 valence electrons. The van der Waals surface area contributed by atoms with E-state index in [0.717, 1.165) is 13.1 Å². The van der Waals surface area contributed by atoms with Crippen LogP contribution in [0.5, 0.6) is 0 Å². The maximum Gasteiger partial charge on any atom is 0.244 e. The summed E-state index contributed by atoms with van der Waals surface area (Å²) in [6.45, 7) is 2.67. The molecule has 1 N–H and O–H groups in total. The van der Waals surface area contributed by atoms with E-state index in [-0.39, 0.29) is 17.3 Å². The molecule has 8 heteroatoms. The first-order valence-corrected chi connectivity index (χ1v) is 9.53. The third kappa shape index (κ3) is 4.15. The van der Waals surface area contributed by atoms with Crippen LogP contribution in [0.25, 0.3) is 0 Å². The normalized spacial score (nSPS) is 16.7. The average molecular weight is 364 g/mol. The zero-order valence-electron chi connectivity index (χ0n) is 14.0. The Morgan fingerprint density at radius 2 is 1.84 bits per heavy atom. The van der Waals surface area contributed by atoms with Gasteiger partial charge in [-0.2, -0.15) is 4.31 Å². The van der Waals surface area contributed by atoms with Crippen LogP contribution in [-0.2, 0) is 16.6 Å². The van der Waals surface area contributed by atoms with E-state index in [1.165, 1.54) is 22.6 Å². The largest absolute Gasteiger partial charge is 0.366 e. The summed E-state index contributed by atoms with van der Waals surface area (Å²) in [5.74, 6) is 0.213. The van der Waals surface area contributed by atoms with Crippen LogP contribution in [0.4, 0.5) is 10.2 Å². The highest BCUT2D eigenvalue weighted by Gasteiger charge is 2.27. The smallest absolute Gasteiger partial charge is 0.244 e. The molecule has 2 heterocycles. The quantitative estimate of drug-likeness (QED) is 0.876. The number of benzene rings is 1. The second-order valence-corrected chi connectivity index (χ2v) is 7.97. The van der Waals surface area contributed by atoms with Crippen molar-refractivity contribution in [2.24, 2.45) is 0 Å². The Balaban J connectivity index is 1.66. The lowest BCUT2D eigenvalue weighted by atomic mass is 10.2. The van der Waals surface area contributed by atoms with E-state index in [4.69, 9.17) is 0 Å². The molecule has 0 unspecified atom stereocenters. The zero-order valence-corrected chi connectivity index (χ0v) is 14.8. The van der Waals surface area contributed by atoms with Gasteiger partial charge in [0.05, 0.1) is 0 Å². The second-order valence-electron chi connectivity index (χ2n) is 6.03. The van der Waals surface area contributed by atoms with Crippen molar-refractivity contribution in [3.63, 3.8) is 0 Å². The summed E-state index contributed by atoms with van der Waals surface area (Å²) in [6.07, 6.45) is 1.34. The number of hydrogen-bond acceptors (Lipinski definition) is 5. The van der Waals surface area contributed by atoms with Gasteiger partial charge in [-0.3, -0.25) is 0 Å². The van der Waals surface area contributed by atoms with Crippen LogP contribution in [-0.4, -0.2) is 55.8 Å². The van der Waals surface area contributed by atoms with Gasteiger partial charge in [0.1, 0.15) is 16.5 Å². The van der Waals surface area contributed by atoms with E-state index in [0.29, 0.717) is 24.5 Å². The van der Waals surface area contributed by atoms with E-state index in [1.807, 2.05) is 7.05 Å². The minimum atomic E-state index is -3.52. The van der Waals surface area contributed by atoms with E-state index in [2.05, 4.69) is 15.2 Å². The van der Waals surface area contributed by atoms with Crippen molar-refractivity contribution in [2.45, 2.75) is 11.4 Å². The Kier molecular flexibility index (Phi) is 5.31. The third-order valence-electron chi connectivity index (χ3n) is 4.25. The van der Waals surface area contributed by atoms with E-state index < -0.39 is 10.0 Å². The molecule has 25 heavy (non-hydrogen) atoms. The number of rotatable bonds is 5. The SMILES string of the molecule is CN1CCN(S(=O)(=O)c2ccc(NCc3ccccc3F)nc2)CC1. The predicted molar refractivity (Wildman–Crippen MR) is 94.2 cm³/mol. The molecule has 2 aromatic rings. The number of anilines is 1. The first kappa shape index (κ1) is 17.8. The van der Waals surface area contributed by atoms with Gasteiger partial charge in [-0.05, 0) is 25.2 Å². The molecule has 1 aliphatic heterocycles. The molecule has 0 radical (unpaired) electrons. The Morgan fingerprint density at radius 1 is 1.12 bits per heavy atom. The third-order valence-corrected chi connectivity index (χ3v) is 6.14. The van der Waals surface area contributed by atoms with Crippen molar-refractivity contribution in [1.29, 1.82) is 0 Å². The molecular formula is C17H21FN4O2S. The summed E-state index contributed by atoms with van der Waals surface area (Å²) in [7, 11) is -1.55. The number of halogens is 1. The summed E-state index contributed by atoms with van der Waals surface area (Å²) in [6, 6.07) is 9.62. The molecule has 1 aromatic heterocycles. The molecule has 1 aromatic carbocycles. The maximum atomic E-state index is 13.6. The van der Waals surface area contributed by atoms with Gasteiger partial charge in [0, 0.05) is 44.5 Å². The van der Waals surface area contributed by atoms with Crippen molar-refractivity contribution in [1.82, 2.24) is 14.2 Å². The highest BCUT2D eigenvalue weighted by atomic mass is 32.2. The topological polar surface area (TPSA) is 65.5 Å². The highest BCUT2D eigenvalue weighted by molar-refractivity contribution is 7.89. The van der Waals surface area contributed by atoms with E-state index in [9.17, 15) is 12.8 Å². The van der Waals surface area contributed by atoms with Gasteiger partial charge in [-0.1, -0.05) is 18.2 Å². The number of sulfonamides is 1. The van der Waals surface area contributed by atoms with Crippen molar-refractivity contribution >= 4 is 15.8 Å². The number of nitrogens with zero attached hydrogens (tertiary/aromatic N) is 3. The second kappa shape index (κ2) is 7.47. The summed E-state index contributed by atoms with van der Waals surface area (Å²) >= 11 is 0.